The maximum atomic E-state index is 12.8. The smallest absolute Gasteiger partial charge is 0.225 e. The number of carbonyl (C=O) groups is 2. The second kappa shape index (κ2) is 11.3. The quantitative estimate of drug-likeness (QED) is 0.491. The van der Waals surface area contributed by atoms with E-state index in [1.165, 1.54) is 21.3 Å². The average molecular weight is 431 g/mol. The number of nitrogen functional groups attached to an aromatic ring is 1. The van der Waals surface area contributed by atoms with Gasteiger partial charge in [0.05, 0.1) is 27.2 Å². The molecule has 1 atom stereocenters. The highest BCUT2D eigenvalue weighted by Gasteiger charge is 2.24. The third-order valence-corrected chi connectivity index (χ3v) is 4.06. The van der Waals surface area contributed by atoms with Crippen LogP contribution < -0.4 is 25.7 Å². The fraction of sp³-hybridized carbons (Fsp3) is 0.263. The molecule has 2 aromatic rings. The predicted octanol–water partition coefficient (Wildman–Crippen LogP) is 2.98. The van der Waals surface area contributed by atoms with Crippen molar-refractivity contribution in [1.82, 2.24) is 0 Å². The van der Waals surface area contributed by atoms with E-state index in [-0.39, 0.29) is 37.0 Å². The summed E-state index contributed by atoms with van der Waals surface area (Å²) in [5, 5.41) is 0. The molecule has 28 heavy (non-hydrogen) atoms. The number of ether oxygens (including phenoxy) is 3. The van der Waals surface area contributed by atoms with Gasteiger partial charge in [-0.1, -0.05) is 12.1 Å². The molecular formula is C19H24Cl2N2O5. The van der Waals surface area contributed by atoms with Crippen molar-refractivity contribution in [1.29, 1.82) is 0 Å². The van der Waals surface area contributed by atoms with E-state index in [4.69, 9.17) is 25.7 Å². The second-order valence-corrected chi connectivity index (χ2v) is 5.66. The summed E-state index contributed by atoms with van der Waals surface area (Å²) in [6.07, 6.45) is -0.0854. The van der Waals surface area contributed by atoms with Crippen molar-refractivity contribution in [2.75, 3.05) is 27.1 Å². The number of carbonyl (C=O) groups excluding carboxylic acids is 2. The molecule has 0 aliphatic heterocycles. The minimum atomic E-state index is -0.762. The summed E-state index contributed by atoms with van der Waals surface area (Å²) in [6, 6.07) is 9.79. The van der Waals surface area contributed by atoms with E-state index >= 15 is 0 Å². The normalized spacial score (nSPS) is 10.7. The Kier molecular flexibility index (Phi) is 10.2. The Balaban J connectivity index is 0.00000364. The Morgan fingerprint density at radius 1 is 0.929 bits per heavy atom. The molecule has 0 radical (unpaired) electrons. The number of hydrogen-bond acceptors (Lipinski definition) is 6. The van der Waals surface area contributed by atoms with Gasteiger partial charge in [0.1, 0.15) is 0 Å². The maximum absolute atomic E-state index is 12.8. The molecule has 0 bridgehead atoms. The van der Waals surface area contributed by atoms with Gasteiger partial charge in [-0.3, -0.25) is 9.59 Å². The van der Waals surface area contributed by atoms with Crippen molar-refractivity contribution in [3.8, 4) is 17.2 Å². The molecule has 0 aliphatic carbocycles. The summed E-state index contributed by atoms with van der Waals surface area (Å²) < 4.78 is 15.8. The molecule has 0 heterocycles. The van der Waals surface area contributed by atoms with Gasteiger partial charge in [0.15, 0.2) is 17.3 Å². The minimum absolute atomic E-state index is 0. The number of nitrogens with two attached hydrogens (primary N) is 2. The van der Waals surface area contributed by atoms with E-state index in [0.29, 0.717) is 34.1 Å². The van der Waals surface area contributed by atoms with E-state index in [2.05, 4.69) is 0 Å². The van der Waals surface area contributed by atoms with Crippen LogP contribution in [0.15, 0.2) is 36.4 Å². The van der Waals surface area contributed by atoms with Crippen LogP contribution in [0.25, 0.3) is 0 Å². The molecule has 1 unspecified atom stereocenters. The van der Waals surface area contributed by atoms with Crippen LogP contribution in [0.4, 0.5) is 5.69 Å². The topological polar surface area (TPSA) is 114 Å². The lowest BCUT2D eigenvalue weighted by Gasteiger charge is -2.16. The first-order valence-electron chi connectivity index (χ1n) is 7.89. The summed E-state index contributed by atoms with van der Waals surface area (Å²) in [7, 11) is 4.41. The lowest BCUT2D eigenvalue weighted by molar-refractivity contribution is -0.119. The van der Waals surface area contributed by atoms with E-state index in [1.54, 1.807) is 36.4 Å². The standard InChI is InChI=1S/C19H22N2O5.2ClH/c1-24-16-8-12(9-17(25-2)18(16)26-3)15(22)10-14(19(21)23)11-4-6-13(20)7-5-11;;/h4-9,14H,10,20H2,1-3H3,(H2,21,23);2*1H. The highest BCUT2D eigenvalue weighted by molar-refractivity contribution is 6.00. The molecule has 0 spiro atoms. The fourth-order valence-corrected chi connectivity index (χ4v) is 2.66. The maximum Gasteiger partial charge on any atom is 0.225 e. The Bertz CT molecular complexity index is 787. The van der Waals surface area contributed by atoms with Crippen LogP contribution >= 0.6 is 24.8 Å². The largest absolute Gasteiger partial charge is 0.493 e. The summed E-state index contributed by atoms with van der Waals surface area (Å²) >= 11 is 0. The number of Topliss-reactive ketones (excluding diaryl/α,β-unsaturated/α-hetero) is 1. The molecule has 7 nitrogen and oxygen atoms in total. The van der Waals surface area contributed by atoms with Crippen LogP contribution in [0, 0.1) is 0 Å². The van der Waals surface area contributed by atoms with E-state index in [9.17, 15) is 9.59 Å². The van der Waals surface area contributed by atoms with Gasteiger partial charge in [0.25, 0.3) is 0 Å². The van der Waals surface area contributed by atoms with E-state index < -0.39 is 11.8 Å². The van der Waals surface area contributed by atoms with Crippen LogP contribution in [0.5, 0.6) is 17.2 Å². The van der Waals surface area contributed by atoms with Gasteiger partial charge in [-0.05, 0) is 29.8 Å². The van der Waals surface area contributed by atoms with Crippen molar-refractivity contribution in [2.45, 2.75) is 12.3 Å². The average Bonchev–Trinajstić information content (AvgIpc) is 2.65. The first kappa shape index (κ1) is 25.4. The molecule has 1 amide bonds. The molecule has 0 saturated carbocycles. The van der Waals surface area contributed by atoms with Crippen LogP contribution in [-0.4, -0.2) is 33.0 Å². The predicted molar refractivity (Wildman–Crippen MR) is 112 cm³/mol. The van der Waals surface area contributed by atoms with E-state index in [0.717, 1.165) is 0 Å². The first-order valence-corrected chi connectivity index (χ1v) is 7.89. The number of ketones is 1. The number of benzene rings is 2. The van der Waals surface area contributed by atoms with Crippen LogP contribution in [-0.2, 0) is 4.79 Å². The highest BCUT2D eigenvalue weighted by Crippen LogP contribution is 2.39. The van der Waals surface area contributed by atoms with Gasteiger partial charge in [0, 0.05) is 17.7 Å². The summed E-state index contributed by atoms with van der Waals surface area (Å²) in [5.74, 6) is -0.518. The third kappa shape index (κ3) is 5.68. The van der Waals surface area contributed by atoms with Gasteiger partial charge < -0.3 is 25.7 Å². The molecule has 9 heteroatoms. The van der Waals surface area contributed by atoms with Crippen molar-refractivity contribution in [3.05, 3.63) is 47.5 Å². The summed E-state index contributed by atoms with van der Waals surface area (Å²) in [5.41, 5.74) is 12.7. The molecule has 2 aromatic carbocycles. The minimum Gasteiger partial charge on any atom is -0.493 e. The molecular weight excluding hydrogens is 407 g/mol. The molecule has 4 N–H and O–H groups in total. The van der Waals surface area contributed by atoms with Crippen molar-refractivity contribution in [2.24, 2.45) is 5.73 Å². The second-order valence-electron chi connectivity index (χ2n) is 5.66. The number of rotatable bonds is 8. The number of anilines is 1. The number of halogens is 2. The van der Waals surface area contributed by atoms with Crippen molar-refractivity contribution < 1.29 is 23.8 Å². The number of hydrogen-bond donors (Lipinski definition) is 2. The van der Waals surface area contributed by atoms with Crippen molar-refractivity contribution in [3.63, 3.8) is 0 Å². The molecule has 0 aliphatic rings. The molecule has 2 rings (SSSR count). The van der Waals surface area contributed by atoms with Gasteiger partial charge in [-0.15, -0.1) is 24.8 Å². The Morgan fingerprint density at radius 2 is 1.43 bits per heavy atom. The monoisotopic (exact) mass is 430 g/mol. The molecule has 0 saturated heterocycles. The molecule has 0 fully saturated rings. The lowest BCUT2D eigenvalue weighted by atomic mass is 9.90. The van der Waals surface area contributed by atoms with Gasteiger partial charge in [-0.25, -0.2) is 0 Å². The van der Waals surface area contributed by atoms with Gasteiger partial charge in [-0.2, -0.15) is 0 Å². The zero-order valence-corrected chi connectivity index (χ0v) is 17.4. The van der Waals surface area contributed by atoms with Gasteiger partial charge >= 0.3 is 0 Å². The highest BCUT2D eigenvalue weighted by atomic mass is 35.5. The van der Waals surface area contributed by atoms with E-state index in [1.807, 2.05) is 0 Å². The summed E-state index contributed by atoms with van der Waals surface area (Å²) in [4.78, 5) is 24.6. The SMILES string of the molecule is COc1cc(C(=O)CC(C(N)=O)c2ccc(N)cc2)cc(OC)c1OC.Cl.Cl. The van der Waals surface area contributed by atoms with Gasteiger partial charge in [0.2, 0.25) is 11.7 Å². The zero-order valence-electron chi connectivity index (χ0n) is 15.8. The third-order valence-electron chi connectivity index (χ3n) is 4.06. The summed E-state index contributed by atoms with van der Waals surface area (Å²) in [6.45, 7) is 0. The van der Waals surface area contributed by atoms with Crippen LogP contribution in [0.2, 0.25) is 0 Å². The molecule has 154 valence electrons. The Labute approximate surface area is 176 Å². The van der Waals surface area contributed by atoms with Crippen LogP contribution in [0.3, 0.4) is 0 Å². The van der Waals surface area contributed by atoms with Crippen molar-refractivity contribution >= 4 is 42.2 Å². The molecule has 0 aromatic heterocycles. The first-order chi connectivity index (χ1) is 12.4. The Hall–Kier alpha value is -2.64. The Morgan fingerprint density at radius 3 is 1.82 bits per heavy atom. The number of primary amides is 1. The number of amides is 1. The number of methoxy groups -OCH3 is 3. The van der Waals surface area contributed by atoms with Crippen LogP contribution in [0.1, 0.15) is 28.3 Å². The fourth-order valence-electron chi connectivity index (χ4n) is 2.66. The zero-order chi connectivity index (χ0) is 19.3. The lowest BCUT2D eigenvalue weighted by Crippen LogP contribution is -2.24.